The summed E-state index contributed by atoms with van der Waals surface area (Å²) in [5, 5.41) is 2.96. The van der Waals surface area contributed by atoms with E-state index in [0.29, 0.717) is 11.7 Å². The Morgan fingerprint density at radius 3 is 2.92 bits per heavy atom. The summed E-state index contributed by atoms with van der Waals surface area (Å²) in [5.74, 6) is 0.585. The van der Waals surface area contributed by atoms with Crippen LogP contribution in [-0.2, 0) is 11.3 Å². The minimum atomic E-state index is -0.305. The average Bonchev–Trinajstić information content (AvgIpc) is 3.26. The first-order valence-electron chi connectivity index (χ1n) is 7.50. The maximum atomic E-state index is 12.2. The van der Waals surface area contributed by atoms with Crippen molar-refractivity contribution >= 4 is 56.6 Å². The summed E-state index contributed by atoms with van der Waals surface area (Å²) in [4.78, 5) is 16.7. The van der Waals surface area contributed by atoms with Crippen LogP contribution in [0.2, 0.25) is 0 Å². The van der Waals surface area contributed by atoms with Gasteiger partial charge in [-0.2, -0.15) is 0 Å². The molecule has 25 heavy (non-hydrogen) atoms. The molecule has 0 fully saturated rings. The van der Waals surface area contributed by atoms with Crippen molar-refractivity contribution in [2.45, 2.75) is 23.1 Å². The SMILES string of the molecule is CC(Sc1nc2ccccc2s1)C(=O)NNC(=S)NCc1ccco1. The molecule has 1 unspecified atom stereocenters. The summed E-state index contributed by atoms with van der Waals surface area (Å²) in [7, 11) is 0. The van der Waals surface area contributed by atoms with Crippen LogP contribution in [0.5, 0.6) is 0 Å². The molecule has 0 spiro atoms. The van der Waals surface area contributed by atoms with Crippen LogP contribution in [0, 0.1) is 0 Å². The van der Waals surface area contributed by atoms with Gasteiger partial charge in [-0.15, -0.1) is 11.3 Å². The third-order valence-electron chi connectivity index (χ3n) is 3.22. The van der Waals surface area contributed by atoms with E-state index in [1.165, 1.54) is 11.8 Å². The second-order valence-electron chi connectivity index (χ2n) is 5.08. The number of hydrogen-bond donors (Lipinski definition) is 3. The summed E-state index contributed by atoms with van der Waals surface area (Å²) in [5.41, 5.74) is 6.23. The number of carbonyl (C=O) groups is 1. The van der Waals surface area contributed by atoms with Crippen molar-refractivity contribution < 1.29 is 9.21 Å². The molecule has 1 atom stereocenters. The number of amides is 1. The summed E-state index contributed by atoms with van der Waals surface area (Å²) in [6.07, 6.45) is 1.59. The van der Waals surface area contributed by atoms with E-state index in [1.807, 2.05) is 37.3 Å². The van der Waals surface area contributed by atoms with E-state index in [4.69, 9.17) is 16.6 Å². The maximum absolute atomic E-state index is 12.2. The lowest BCUT2D eigenvalue weighted by Crippen LogP contribution is -2.48. The number of thiazole rings is 1. The van der Waals surface area contributed by atoms with Crippen LogP contribution < -0.4 is 16.2 Å². The van der Waals surface area contributed by atoms with E-state index in [9.17, 15) is 4.79 Å². The second-order valence-corrected chi connectivity index (χ2v) is 8.11. The van der Waals surface area contributed by atoms with Crippen LogP contribution in [0.4, 0.5) is 0 Å². The molecule has 0 aliphatic carbocycles. The van der Waals surface area contributed by atoms with E-state index in [-0.39, 0.29) is 11.2 Å². The molecule has 1 amide bonds. The lowest BCUT2D eigenvalue weighted by molar-refractivity contribution is -0.120. The smallest absolute Gasteiger partial charge is 0.251 e. The van der Waals surface area contributed by atoms with Gasteiger partial charge in [0.25, 0.3) is 5.91 Å². The summed E-state index contributed by atoms with van der Waals surface area (Å²) in [6, 6.07) is 11.6. The zero-order valence-corrected chi connectivity index (χ0v) is 15.8. The quantitative estimate of drug-likeness (QED) is 0.350. The standard InChI is InChI=1S/C16H16N4O2S3/c1-10(24-16-18-12-6-2-3-7-13(12)25-16)14(21)19-20-15(23)17-9-11-5-4-8-22-11/h2-8,10H,9H2,1H3,(H,19,21)(H2,17,20,23). The molecule has 1 aromatic carbocycles. The third-order valence-corrected chi connectivity index (χ3v) is 5.70. The number of rotatable bonds is 5. The third kappa shape index (κ3) is 4.94. The zero-order valence-electron chi connectivity index (χ0n) is 13.3. The number of thiocarbonyl (C=S) groups is 1. The van der Waals surface area contributed by atoms with Crippen LogP contribution in [-0.4, -0.2) is 21.3 Å². The number of carbonyl (C=O) groups excluding carboxylic acids is 1. The fraction of sp³-hybridized carbons (Fsp3) is 0.188. The number of thioether (sulfide) groups is 1. The number of nitrogens with zero attached hydrogens (tertiary/aromatic N) is 1. The highest BCUT2D eigenvalue weighted by Crippen LogP contribution is 2.31. The molecule has 0 bridgehead atoms. The van der Waals surface area contributed by atoms with Crippen molar-refractivity contribution in [3.8, 4) is 0 Å². The monoisotopic (exact) mass is 392 g/mol. The highest BCUT2D eigenvalue weighted by atomic mass is 32.2. The van der Waals surface area contributed by atoms with Gasteiger partial charge in [0.2, 0.25) is 0 Å². The first-order chi connectivity index (χ1) is 12.1. The number of nitrogens with one attached hydrogen (secondary N) is 3. The van der Waals surface area contributed by atoms with E-state index >= 15 is 0 Å². The maximum Gasteiger partial charge on any atom is 0.251 e. The molecule has 0 saturated carbocycles. The highest BCUT2D eigenvalue weighted by Gasteiger charge is 2.17. The minimum Gasteiger partial charge on any atom is -0.467 e. The Balaban J connectivity index is 1.44. The van der Waals surface area contributed by atoms with Crippen LogP contribution in [0.3, 0.4) is 0 Å². The Hall–Kier alpha value is -2.10. The first kappa shape index (κ1) is 17.7. The zero-order chi connectivity index (χ0) is 17.6. The Labute approximate surface area is 158 Å². The van der Waals surface area contributed by atoms with Crippen molar-refractivity contribution in [1.82, 2.24) is 21.2 Å². The topological polar surface area (TPSA) is 79.2 Å². The largest absolute Gasteiger partial charge is 0.467 e. The fourth-order valence-electron chi connectivity index (χ4n) is 1.95. The van der Waals surface area contributed by atoms with Gasteiger partial charge in [-0.3, -0.25) is 15.6 Å². The fourth-order valence-corrected chi connectivity index (χ4v) is 4.29. The number of aromatic nitrogens is 1. The molecular formula is C16H16N4O2S3. The molecule has 3 rings (SSSR count). The van der Waals surface area contributed by atoms with Gasteiger partial charge in [-0.25, -0.2) is 4.98 Å². The van der Waals surface area contributed by atoms with Gasteiger partial charge in [-0.1, -0.05) is 23.9 Å². The number of para-hydroxylation sites is 1. The van der Waals surface area contributed by atoms with E-state index < -0.39 is 0 Å². The van der Waals surface area contributed by atoms with Gasteiger partial charge in [-0.05, 0) is 43.4 Å². The molecule has 0 aliphatic heterocycles. The molecule has 2 heterocycles. The number of furan rings is 1. The summed E-state index contributed by atoms with van der Waals surface area (Å²) in [6.45, 7) is 2.28. The number of hydrazine groups is 1. The molecule has 3 N–H and O–H groups in total. The van der Waals surface area contributed by atoms with Gasteiger partial charge in [0.1, 0.15) is 5.76 Å². The number of hydrogen-bond acceptors (Lipinski definition) is 6. The van der Waals surface area contributed by atoms with Gasteiger partial charge in [0.05, 0.1) is 28.3 Å². The van der Waals surface area contributed by atoms with E-state index in [0.717, 1.165) is 20.3 Å². The molecule has 3 aromatic rings. The van der Waals surface area contributed by atoms with Crippen molar-refractivity contribution in [3.63, 3.8) is 0 Å². The molecule has 0 radical (unpaired) electrons. The molecular weight excluding hydrogens is 376 g/mol. The highest BCUT2D eigenvalue weighted by molar-refractivity contribution is 8.02. The van der Waals surface area contributed by atoms with Crippen molar-refractivity contribution in [2.24, 2.45) is 0 Å². The van der Waals surface area contributed by atoms with Crippen LogP contribution >= 0.6 is 35.3 Å². The Morgan fingerprint density at radius 2 is 2.16 bits per heavy atom. The predicted molar refractivity (Wildman–Crippen MR) is 104 cm³/mol. The van der Waals surface area contributed by atoms with Gasteiger partial charge in [0, 0.05) is 0 Å². The second kappa shape index (κ2) is 8.32. The summed E-state index contributed by atoms with van der Waals surface area (Å²) >= 11 is 8.10. The minimum absolute atomic E-state index is 0.175. The number of fused-ring (bicyclic) bond motifs is 1. The van der Waals surface area contributed by atoms with Crippen LogP contribution in [0.15, 0.2) is 51.4 Å². The lowest BCUT2D eigenvalue weighted by atomic mass is 10.3. The van der Waals surface area contributed by atoms with Gasteiger partial charge in [0.15, 0.2) is 9.45 Å². The Kier molecular flexibility index (Phi) is 5.90. The molecule has 9 heteroatoms. The van der Waals surface area contributed by atoms with E-state index in [1.54, 1.807) is 23.7 Å². The van der Waals surface area contributed by atoms with Gasteiger partial charge < -0.3 is 9.73 Å². The first-order valence-corrected chi connectivity index (χ1v) is 9.60. The van der Waals surface area contributed by atoms with Crippen molar-refractivity contribution in [3.05, 3.63) is 48.4 Å². The van der Waals surface area contributed by atoms with Crippen LogP contribution in [0.1, 0.15) is 12.7 Å². The van der Waals surface area contributed by atoms with Crippen molar-refractivity contribution in [1.29, 1.82) is 0 Å². The molecule has 6 nitrogen and oxygen atoms in total. The Bertz CT molecular complexity index is 830. The normalized spacial score (nSPS) is 11.9. The average molecular weight is 393 g/mol. The molecule has 2 aromatic heterocycles. The predicted octanol–water partition coefficient (Wildman–Crippen LogP) is 3.07. The van der Waals surface area contributed by atoms with E-state index in [2.05, 4.69) is 21.2 Å². The number of benzene rings is 1. The van der Waals surface area contributed by atoms with Crippen molar-refractivity contribution in [2.75, 3.05) is 0 Å². The van der Waals surface area contributed by atoms with Gasteiger partial charge >= 0.3 is 0 Å². The Morgan fingerprint density at radius 1 is 1.32 bits per heavy atom. The molecule has 0 saturated heterocycles. The van der Waals surface area contributed by atoms with Crippen LogP contribution in [0.25, 0.3) is 10.2 Å². The molecule has 130 valence electrons. The lowest BCUT2D eigenvalue weighted by Gasteiger charge is -2.13. The molecule has 0 aliphatic rings. The summed E-state index contributed by atoms with van der Waals surface area (Å²) < 4.78 is 7.17.